The van der Waals surface area contributed by atoms with E-state index in [4.69, 9.17) is 20.4 Å². The first-order valence-corrected chi connectivity index (χ1v) is 3.08. The zero-order chi connectivity index (χ0) is 9.46. The molecule has 5 heteroatoms. The van der Waals surface area contributed by atoms with Gasteiger partial charge in [0.25, 0.3) is 0 Å². The molecule has 1 rings (SSSR count). The van der Waals surface area contributed by atoms with Crippen LogP contribution in [0.5, 0.6) is 23.0 Å². The van der Waals surface area contributed by atoms with Crippen LogP contribution in [0.4, 0.5) is 4.39 Å². The summed E-state index contributed by atoms with van der Waals surface area (Å²) in [6.07, 6.45) is 0. The van der Waals surface area contributed by atoms with Gasteiger partial charge in [-0.1, -0.05) is 0 Å². The Morgan fingerprint density at radius 3 is 1.83 bits per heavy atom. The second-order valence-corrected chi connectivity index (χ2v) is 2.33. The molecule has 0 aromatic heterocycles. The standard InChI is InChI=1S/C7H7FO4/c1-2-4(9)3(8)6(11)7(12)5(2)10/h9-12H,1H3. The predicted molar refractivity (Wildman–Crippen MR) is 37.8 cm³/mol. The summed E-state index contributed by atoms with van der Waals surface area (Å²) in [7, 11) is 0. The second kappa shape index (κ2) is 2.44. The molecule has 0 aliphatic rings. The van der Waals surface area contributed by atoms with Gasteiger partial charge < -0.3 is 20.4 Å². The van der Waals surface area contributed by atoms with E-state index < -0.39 is 28.8 Å². The molecule has 0 spiro atoms. The third-order valence-electron chi connectivity index (χ3n) is 1.57. The number of aromatic hydroxyl groups is 4. The van der Waals surface area contributed by atoms with Gasteiger partial charge in [-0.2, -0.15) is 4.39 Å². The van der Waals surface area contributed by atoms with Gasteiger partial charge >= 0.3 is 0 Å². The Morgan fingerprint density at radius 2 is 1.33 bits per heavy atom. The summed E-state index contributed by atoms with van der Waals surface area (Å²) in [6, 6.07) is 0. The zero-order valence-corrected chi connectivity index (χ0v) is 6.17. The zero-order valence-electron chi connectivity index (χ0n) is 6.17. The molecule has 0 saturated heterocycles. The molecule has 0 unspecified atom stereocenters. The molecule has 66 valence electrons. The molecule has 1 aromatic carbocycles. The monoisotopic (exact) mass is 174 g/mol. The Bertz CT molecular complexity index is 230. The Hall–Kier alpha value is -1.65. The van der Waals surface area contributed by atoms with Crippen molar-refractivity contribution in [1.82, 2.24) is 0 Å². The topological polar surface area (TPSA) is 80.9 Å². The van der Waals surface area contributed by atoms with E-state index in [2.05, 4.69) is 0 Å². The van der Waals surface area contributed by atoms with Crippen LogP contribution in [0, 0.1) is 12.7 Å². The maximum Gasteiger partial charge on any atom is 0.210 e. The smallest absolute Gasteiger partial charge is 0.210 e. The lowest BCUT2D eigenvalue weighted by molar-refractivity contribution is 0.332. The molecular formula is C7H7FO4. The third-order valence-corrected chi connectivity index (χ3v) is 1.57. The molecule has 0 radical (unpaired) electrons. The summed E-state index contributed by atoms with van der Waals surface area (Å²) in [5.41, 5.74) is -0.220. The van der Waals surface area contributed by atoms with Crippen LogP contribution in [-0.2, 0) is 0 Å². The van der Waals surface area contributed by atoms with Crippen molar-refractivity contribution in [3.05, 3.63) is 11.4 Å². The first-order valence-electron chi connectivity index (χ1n) is 3.08. The number of benzene rings is 1. The number of phenolic OH excluding ortho intramolecular Hbond substituents is 4. The van der Waals surface area contributed by atoms with Gasteiger partial charge in [-0.3, -0.25) is 0 Å². The molecule has 1 aromatic rings. The second-order valence-electron chi connectivity index (χ2n) is 2.33. The van der Waals surface area contributed by atoms with Crippen LogP contribution >= 0.6 is 0 Å². The Kier molecular flexibility index (Phi) is 1.72. The molecule has 0 bridgehead atoms. The highest BCUT2D eigenvalue weighted by Crippen LogP contribution is 2.44. The van der Waals surface area contributed by atoms with E-state index in [-0.39, 0.29) is 5.56 Å². The van der Waals surface area contributed by atoms with Crippen LogP contribution in [0.25, 0.3) is 0 Å². The van der Waals surface area contributed by atoms with Gasteiger partial charge in [-0.15, -0.1) is 0 Å². The van der Waals surface area contributed by atoms with Crippen LogP contribution in [0.15, 0.2) is 0 Å². The molecule has 0 fully saturated rings. The van der Waals surface area contributed by atoms with Crippen LogP contribution < -0.4 is 0 Å². The van der Waals surface area contributed by atoms with Crippen molar-refractivity contribution >= 4 is 0 Å². The quantitative estimate of drug-likeness (QED) is 0.348. The molecule has 4 N–H and O–H groups in total. The molecule has 4 nitrogen and oxygen atoms in total. The average molecular weight is 174 g/mol. The van der Waals surface area contributed by atoms with Crippen molar-refractivity contribution in [2.45, 2.75) is 6.92 Å². The first kappa shape index (κ1) is 8.45. The van der Waals surface area contributed by atoms with Gasteiger partial charge in [-0.05, 0) is 6.92 Å². The highest BCUT2D eigenvalue weighted by Gasteiger charge is 2.20. The Labute approximate surface area is 67.1 Å². The molecule has 12 heavy (non-hydrogen) atoms. The molecule has 0 aliphatic heterocycles. The molecule has 0 saturated carbocycles. The van der Waals surface area contributed by atoms with Crippen molar-refractivity contribution in [3.8, 4) is 23.0 Å². The fraction of sp³-hybridized carbons (Fsp3) is 0.143. The molecule has 0 heterocycles. The van der Waals surface area contributed by atoms with Crippen LogP contribution in [-0.4, -0.2) is 20.4 Å². The van der Waals surface area contributed by atoms with Crippen molar-refractivity contribution in [1.29, 1.82) is 0 Å². The van der Waals surface area contributed by atoms with E-state index in [1.807, 2.05) is 0 Å². The minimum atomic E-state index is -1.34. The SMILES string of the molecule is Cc1c(O)c(O)c(O)c(F)c1O. The summed E-state index contributed by atoms with van der Waals surface area (Å²) in [4.78, 5) is 0. The van der Waals surface area contributed by atoms with Gasteiger partial charge in [-0.25, -0.2) is 0 Å². The number of rotatable bonds is 0. The Morgan fingerprint density at radius 1 is 0.833 bits per heavy atom. The lowest BCUT2D eigenvalue weighted by Gasteiger charge is -2.07. The minimum Gasteiger partial charge on any atom is -0.504 e. The largest absolute Gasteiger partial charge is 0.504 e. The minimum absolute atomic E-state index is 0.220. The van der Waals surface area contributed by atoms with Crippen molar-refractivity contribution < 1.29 is 24.8 Å². The van der Waals surface area contributed by atoms with E-state index in [0.29, 0.717) is 0 Å². The summed E-state index contributed by atoms with van der Waals surface area (Å²) < 4.78 is 12.7. The Balaban J connectivity index is 3.60. The van der Waals surface area contributed by atoms with Crippen molar-refractivity contribution in [2.75, 3.05) is 0 Å². The highest BCUT2D eigenvalue weighted by atomic mass is 19.1. The van der Waals surface area contributed by atoms with Gasteiger partial charge in [0, 0.05) is 5.56 Å². The van der Waals surface area contributed by atoms with Gasteiger partial charge in [0.2, 0.25) is 17.3 Å². The van der Waals surface area contributed by atoms with Crippen molar-refractivity contribution in [2.24, 2.45) is 0 Å². The molecular weight excluding hydrogens is 167 g/mol. The third kappa shape index (κ3) is 0.903. The maximum absolute atomic E-state index is 12.7. The lowest BCUT2D eigenvalue weighted by atomic mass is 10.1. The van der Waals surface area contributed by atoms with Gasteiger partial charge in [0.15, 0.2) is 11.5 Å². The van der Waals surface area contributed by atoms with E-state index in [1.54, 1.807) is 0 Å². The van der Waals surface area contributed by atoms with Crippen LogP contribution in [0.2, 0.25) is 0 Å². The van der Waals surface area contributed by atoms with E-state index in [0.717, 1.165) is 0 Å². The molecule has 0 aliphatic carbocycles. The predicted octanol–water partition coefficient (Wildman–Crippen LogP) is 0.957. The maximum atomic E-state index is 12.7. The summed E-state index contributed by atoms with van der Waals surface area (Å²) in [6.45, 7) is 1.20. The summed E-state index contributed by atoms with van der Waals surface area (Å²) in [5, 5.41) is 35.4. The molecule has 0 atom stereocenters. The van der Waals surface area contributed by atoms with Gasteiger partial charge in [0.05, 0.1) is 0 Å². The number of hydrogen-bond acceptors (Lipinski definition) is 4. The summed E-state index contributed by atoms with van der Waals surface area (Å²) >= 11 is 0. The first-order chi connectivity index (χ1) is 5.46. The normalized spacial score (nSPS) is 10.2. The number of halogens is 1. The fourth-order valence-corrected chi connectivity index (χ4v) is 0.783. The lowest BCUT2D eigenvalue weighted by Crippen LogP contribution is -1.85. The summed E-state index contributed by atoms with van der Waals surface area (Å²) in [5.74, 6) is -5.07. The fourth-order valence-electron chi connectivity index (χ4n) is 0.783. The van der Waals surface area contributed by atoms with Crippen LogP contribution in [0.3, 0.4) is 0 Å². The van der Waals surface area contributed by atoms with Crippen LogP contribution in [0.1, 0.15) is 5.56 Å². The van der Waals surface area contributed by atoms with E-state index >= 15 is 0 Å². The average Bonchev–Trinajstić information content (AvgIpc) is 2.08. The van der Waals surface area contributed by atoms with E-state index in [1.165, 1.54) is 6.92 Å². The number of hydrogen-bond donors (Lipinski definition) is 4. The highest BCUT2D eigenvalue weighted by molar-refractivity contribution is 5.59. The van der Waals surface area contributed by atoms with Crippen molar-refractivity contribution in [3.63, 3.8) is 0 Å². The molecule has 0 amide bonds. The van der Waals surface area contributed by atoms with Gasteiger partial charge in [0.1, 0.15) is 0 Å². The number of phenols is 4. The van der Waals surface area contributed by atoms with E-state index in [9.17, 15) is 4.39 Å².